The van der Waals surface area contributed by atoms with E-state index in [1.54, 1.807) is 36.4 Å². The first kappa shape index (κ1) is 22.2. The minimum Gasteiger partial charge on any atom is -0.395 e. The average molecular weight is 480 g/mol. The van der Waals surface area contributed by atoms with Gasteiger partial charge in [0.15, 0.2) is 4.80 Å². The highest BCUT2D eigenvalue weighted by Gasteiger charge is 2.26. The van der Waals surface area contributed by atoms with Gasteiger partial charge in [-0.25, -0.2) is 13.4 Å². The molecular formula is C21H22ClN3O4S2. The quantitative estimate of drug-likeness (QED) is 0.588. The van der Waals surface area contributed by atoms with E-state index in [0.717, 1.165) is 21.7 Å². The highest BCUT2D eigenvalue weighted by molar-refractivity contribution is 7.89. The number of aliphatic hydroxyl groups is 1. The summed E-state index contributed by atoms with van der Waals surface area (Å²) in [5.74, 6) is 0. The minimum absolute atomic E-state index is 0.0457. The summed E-state index contributed by atoms with van der Waals surface area (Å²) < 4.78 is 34.3. The lowest BCUT2D eigenvalue weighted by molar-refractivity contribution is 0.0730. The van der Waals surface area contributed by atoms with Gasteiger partial charge in [-0.05, 0) is 35.9 Å². The third kappa shape index (κ3) is 4.92. The zero-order valence-electron chi connectivity index (χ0n) is 16.6. The molecule has 3 aromatic rings. The number of hydrogen-bond donors (Lipinski definition) is 1. The monoisotopic (exact) mass is 479 g/mol. The van der Waals surface area contributed by atoms with Crippen molar-refractivity contribution in [1.82, 2.24) is 8.87 Å². The standard InChI is InChI=1S/C21H22ClN3O4S2/c22-17-2-1-3-18(14-17)23-21-25(8-11-26)20(15-30-21)16-4-6-19(7-5-16)31(27,28)24-9-12-29-13-10-24/h1-7,14-15,26H,8-13H2. The van der Waals surface area contributed by atoms with Crippen LogP contribution < -0.4 is 4.80 Å². The summed E-state index contributed by atoms with van der Waals surface area (Å²) in [5, 5.41) is 12.1. The predicted molar refractivity (Wildman–Crippen MR) is 121 cm³/mol. The zero-order valence-corrected chi connectivity index (χ0v) is 19.0. The van der Waals surface area contributed by atoms with E-state index in [4.69, 9.17) is 16.3 Å². The van der Waals surface area contributed by atoms with E-state index in [1.807, 2.05) is 22.1 Å². The Morgan fingerprint density at radius 2 is 1.87 bits per heavy atom. The molecule has 2 heterocycles. The van der Waals surface area contributed by atoms with Gasteiger partial charge < -0.3 is 14.4 Å². The lowest BCUT2D eigenvalue weighted by Crippen LogP contribution is -2.40. The molecule has 1 fully saturated rings. The molecule has 31 heavy (non-hydrogen) atoms. The van der Waals surface area contributed by atoms with E-state index in [2.05, 4.69) is 4.99 Å². The lowest BCUT2D eigenvalue weighted by Gasteiger charge is -2.26. The van der Waals surface area contributed by atoms with Crippen LogP contribution >= 0.6 is 22.9 Å². The van der Waals surface area contributed by atoms with Crippen molar-refractivity contribution in [2.45, 2.75) is 11.4 Å². The number of halogens is 1. The molecule has 0 amide bonds. The third-order valence-corrected chi connectivity index (χ3v) is 7.92. The van der Waals surface area contributed by atoms with Crippen LogP contribution in [-0.4, -0.2) is 55.3 Å². The molecule has 1 aromatic heterocycles. The van der Waals surface area contributed by atoms with E-state index < -0.39 is 10.0 Å². The Morgan fingerprint density at radius 3 is 2.55 bits per heavy atom. The molecule has 164 valence electrons. The number of nitrogens with zero attached hydrogens (tertiary/aromatic N) is 3. The smallest absolute Gasteiger partial charge is 0.243 e. The van der Waals surface area contributed by atoms with Crippen molar-refractivity contribution in [3.63, 3.8) is 0 Å². The van der Waals surface area contributed by atoms with Gasteiger partial charge in [0.1, 0.15) is 0 Å². The number of aromatic nitrogens is 1. The molecule has 1 N–H and O–H groups in total. The van der Waals surface area contributed by atoms with Crippen molar-refractivity contribution in [2.24, 2.45) is 4.99 Å². The van der Waals surface area contributed by atoms with Crippen LogP contribution in [0.15, 0.2) is 63.8 Å². The van der Waals surface area contributed by atoms with Crippen molar-refractivity contribution >= 4 is 38.6 Å². The Hall–Kier alpha value is -2.01. The lowest BCUT2D eigenvalue weighted by atomic mass is 10.2. The van der Waals surface area contributed by atoms with Gasteiger partial charge in [0.05, 0.1) is 36.1 Å². The molecule has 1 aliphatic heterocycles. The second-order valence-corrected chi connectivity index (χ2v) is 10.1. The van der Waals surface area contributed by atoms with Crippen molar-refractivity contribution in [3.8, 4) is 11.3 Å². The van der Waals surface area contributed by atoms with Crippen LogP contribution in [0.2, 0.25) is 5.02 Å². The predicted octanol–water partition coefficient (Wildman–Crippen LogP) is 3.12. The first-order valence-corrected chi connectivity index (χ1v) is 12.5. The number of morpholine rings is 1. The summed E-state index contributed by atoms with van der Waals surface area (Å²) in [4.78, 5) is 5.63. The number of thiazole rings is 1. The molecule has 1 aliphatic rings. The molecular weight excluding hydrogens is 458 g/mol. The third-order valence-electron chi connectivity index (χ3n) is 4.91. The normalized spacial score (nSPS) is 16.0. The summed E-state index contributed by atoms with van der Waals surface area (Å²) in [6, 6.07) is 14.1. The van der Waals surface area contributed by atoms with Gasteiger partial charge in [-0.2, -0.15) is 4.31 Å². The molecule has 4 rings (SSSR count). The van der Waals surface area contributed by atoms with E-state index in [9.17, 15) is 13.5 Å². The van der Waals surface area contributed by atoms with E-state index >= 15 is 0 Å². The van der Waals surface area contributed by atoms with Crippen molar-refractivity contribution < 1.29 is 18.3 Å². The average Bonchev–Trinajstić information content (AvgIpc) is 3.17. The topological polar surface area (TPSA) is 84.1 Å². The highest BCUT2D eigenvalue weighted by atomic mass is 35.5. The number of ether oxygens (including phenoxy) is 1. The van der Waals surface area contributed by atoms with E-state index in [-0.39, 0.29) is 11.5 Å². The fourth-order valence-electron chi connectivity index (χ4n) is 3.36. The van der Waals surface area contributed by atoms with Crippen LogP contribution in [0.5, 0.6) is 0 Å². The summed E-state index contributed by atoms with van der Waals surface area (Å²) in [6.45, 7) is 1.86. The van der Waals surface area contributed by atoms with Crippen LogP contribution in [0.1, 0.15) is 0 Å². The van der Waals surface area contributed by atoms with Crippen molar-refractivity contribution in [2.75, 3.05) is 32.9 Å². The summed E-state index contributed by atoms with van der Waals surface area (Å²) in [5.41, 5.74) is 2.42. The highest BCUT2D eigenvalue weighted by Crippen LogP contribution is 2.25. The van der Waals surface area contributed by atoms with Crippen LogP contribution in [0, 0.1) is 0 Å². The maximum atomic E-state index is 12.8. The molecule has 10 heteroatoms. The van der Waals surface area contributed by atoms with E-state index in [1.165, 1.54) is 15.6 Å². The SMILES string of the molecule is O=S(=O)(c1ccc(-c2csc(=Nc3cccc(Cl)c3)n2CCO)cc1)N1CCOCC1. The maximum Gasteiger partial charge on any atom is 0.243 e. The Bertz CT molecular complexity index is 1210. The molecule has 0 atom stereocenters. The second kappa shape index (κ2) is 9.64. The van der Waals surface area contributed by atoms with Gasteiger partial charge >= 0.3 is 0 Å². The van der Waals surface area contributed by atoms with Crippen molar-refractivity contribution in [3.05, 3.63) is 63.7 Å². The molecule has 1 saturated heterocycles. The Labute approximate surface area is 189 Å². The van der Waals surface area contributed by atoms with E-state index in [0.29, 0.717) is 37.9 Å². The van der Waals surface area contributed by atoms with Gasteiger partial charge in [-0.15, -0.1) is 11.3 Å². The first-order chi connectivity index (χ1) is 15.0. The molecule has 0 bridgehead atoms. The number of benzene rings is 2. The van der Waals surface area contributed by atoms with Gasteiger partial charge in [0.2, 0.25) is 10.0 Å². The Balaban J connectivity index is 1.67. The van der Waals surface area contributed by atoms with Gasteiger partial charge in [0.25, 0.3) is 0 Å². The molecule has 0 saturated carbocycles. The molecule has 0 radical (unpaired) electrons. The van der Waals surface area contributed by atoms with Crippen LogP contribution in [0.3, 0.4) is 0 Å². The second-order valence-electron chi connectivity index (χ2n) is 6.91. The fourth-order valence-corrected chi connectivity index (χ4v) is 5.90. The van der Waals surface area contributed by atoms with Gasteiger partial charge in [-0.1, -0.05) is 29.8 Å². The maximum absolute atomic E-state index is 12.8. The zero-order chi connectivity index (χ0) is 21.8. The van der Waals surface area contributed by atoms with Crippen molar-refractivity contribution in [1.29, 1.82) is 0 Å². The Morgan fingerprint density at radius 1 is 1.13 bits per heavy atom. The summed E-state index contributed by atoms with van der Waals surface area (Å²) in [6.07, 6.45) is 0. The number of sulfonamides is 1. The number of hydrogen-bond acceptors (Lipinski definition) is 6. The summed E-state index contributed by atoms with van der Waals surface area (Å²) >= 11 is 7.50. The molecule has 7 nitrogen and oxygen atoms in total. The van der Waals surface area contributed by atoms with Crippen LogP contribution in [-0.2, 0) is 21.3 Å². The molecule has 2 aromatic carbocycles. The van der Waals surface area contributed by atoms with Gasteiger partial charge in [-0.3, -0.25) is 0 Å². The Kier molecular flexibility index (Phi) is 6.90. The van der Waals surface area contributed by atoms with Crippen LogP contribution in [0.4, 0.5) is 5.69 Å². The molecule has 0 aliphatic carbocycles. The molecule has 0 unspecified atom stereocenters. The first-order valence-electron chi connectivity index (χ1n) is 9.77. The fraction of sp³-hybridized carbons (Fsp3) is 0.286. The number of rotatable bonds is 6. The van der Waals surface area contributed by atoms with Gasteiger partial charge in [0, 0.05) is 30.0 Å². The number of aliphatic hydroxyl groups excluding tert-OH is 1. The van der Waals surface area contributed by atoms with Crippen LogP contribution in [0.25, 0.3) is 11.3 Å². The summed E-state index contributed by atoms with van der Waals surface area (Å²) in [7, 11) is -3.54. The minimum atomic E-state index is -3.54. The molecule has 0 spiro atoms. The largest absolute Gasteiger partial charge is 0.395 e.